The first-order chi connectivity index (χ1) is 40.5. The van der Waals surface area contributed by atoms with E-state index < -0.39 is 12.1 Å². The Morgan fingerprint density at radius 3 is 0.866 bits per heavy atom. The van der Waals surface area contributed by atoms with Gasteiger partial charge in [0.2, 0.25) is 5.91 Å². The highest BCUT2D eigenvalue weighted by molar-refractivity contribution is 5.76. The van der Waals surface area contributed by atoms with Crippen LogP contribution >= 0.6 is 0 Å². The molecule has 0 spiro atoms. The average Bonchev–Trinajstić information content (AvgIpc) is 3.48. The summed E-state index contributed by atoms with van der Waals surface area (Å²) in [6.45, 7) is 5.01. The summed E-state index contributed by atoms with van der Waals surface area (Å²) in [6.07, 6.45) is 89.9. The van der Waals surface area contributed by atoms with Gasteiger partial charge >= 0.3 is 5.97 Å². The summed E-state index contributed by atoms with van der Waals surface area (Å²) >= 11 is 0. The van der Waals surface area contributed by atoms with Crippen LogP contribution in [-0.4, -0.2) is 47.4 Å². The zero-order valence-electron chi connectivity index (χ0n) is 56.0. The number of ether oxygens (including phenoxy) is 1. The molecule has 2 unspecified atom stereocenters. The largest absolute Gasteiger partial charge is 0.466 e. The van der Waals surface area contributed by atoms with Gasteiger partial charge < -0.3 is 20.3 Å². The average molecular weight is 1160 g/mol. The summed E-state index contributed by atoms with van der Waals surface area (Å²) < 4.78 is 5.51. The summed E-state index contributed by atoms with van der Waals surface area (Å²) in [5.74, 6) is -0.0185. The molecule has 1 amide bonds. The van der Waals surface area contributed by atoms with Gasteiger partial charge in [-0.3, -0.25) is 9.59 Å². The number of esters is 1. The smallest absolute Gasteiger partial charge is 0.305 e. The quantitative estimate of drug-likeness (QED) is 0.0320. The van der Waals surface area contributed by atoms with Crippen molar-refractivity contribution in [3.8, 4) is 0 Å². The highest BCUT2D eigenvalue weighted by atomic mass is 16.5. The number of hydrogen-bond donors (Lipinski definition) is 3. The van der Waals surface area contributed by atoms with E-state index in [1.54, 1.807) is 0 Å². The molecule has 0 radical (unpaired) electrons. The molecule has 0 aliphatic heterocycles. The molecule has 0 heterocycles. The maximum absolute atomic E-state index is 12.6. The Morgan fingerprint density at radius 2 is 0.573 bits per heavy atom. The number of hydrogen-bond acceptors (Lipinski definition) is 5. The van der Waals surface area contributed by atoms with Gasteiger partial charge in [0, 0.05) is 12.8 Å². The molecule has 6 nitrogen and oxygen atoms in total. The van der Waals surface area contributed by atoms with Crippen LogP contribution in [0, 0.1) is 0 Å². The van der Waals surface area contributed by atoms with Crippen LogP contribution in [0.15, 0.2) is 12.2 Å². The Morgan fingerprint density at radius 1 is 0.329 bits per heavy atom. The van der Waals surface area contributed by atoms with Crippen molar-refractivity contribution >= 4 is 11.9 Å². The van der Waals surface area contributed by atoms with Crippen LogP contribution in [-0.2, 0) is 14.3 Å². The first-order valence-electron chi connectivity index (χ1n) is 37.9. The van der Waals surface area contributed by atoms with E-state index in [0.29, 0.717) is 25.9 Å². The molecule has 0 aliphatic rings. The van der Waals surface area contributed by atoms with Crippen molar-refractivity contribution < 1.29 is 24.5 Å². The van der Waals surface area contributed by atoms with Crippen LogP contribution in [0.3, 0.4) is 0 Å². The van der Waals surface area contributed by atoms with Gasteiger partial charge in [-0.05, 0) is 51.4 Å². The summed E-state index contributed by atoms with van der Waals surface area (Å²) in [7, 11) is 0. The molecule has 82 heavy (non-hydrogen) atoms. The van der Waals surface area contributed by atoms with Crippen LogP contribution < -0.4 is 5.32 Å². The number of aliphatic hydroxyl groups excluding tert-OH is 2. The first kappa shape index (κ1) is 80.6. The number of unbranched alkanes of at least 4 members (excludes halogenated alkanes) is 59. The summed E-state index contributed by atoms with van der Waals surface area (Å²) in [5, 5.41) is 23.5. The van der Waals surface area contributed by atoms with Gasteiger partial charge in [0.1, 0.15) is 0 Å². The molecule has 3 N–H and O–H groups in total. The third-order valence-corrected chi connectivity index (χ3v) is 18.1. The summed E-state index contributed by atoms with van der Waals surface area (Å²) in [6, 6.07) is -0.547. The van der Waals surface area contributed by atoms with E-state index in [1.165, 1.54) is 366 Å². The third-order valence-electron chi connectivity index (χ3n) is 18.1. The molecule has 0 aromatic carbocycles. The van der Waals surface area contributed by atoms with Crippen molar-refractivity contribution in [3.05, 3.63) is 12.2 Å². The topological polar surface area (TPSA) is 95.9 Å². The van der Waals surface area contributed by atoms with Crippen LogP contribution in [0.4, 0.5) is 0 Å². The van der Waals surface area contributed by atoms with Crippen molar-refractivity contribution in [1.29, 1.82) is 0 Å². The van der Waals surface area contributed by atoms with E-state index >= 15 is 0 Å². The number of nitrogens with one attached hydrogen (secondary N) is 1. The number of amides is 1. The Hall–Kier alpha value is -1.40. The van der Waals surface area contributed by atoms with Crippen LogP contribution in [0.5, 0.6) is 0 Å². The van der Waals surface area contributed by atoms with Gasteiger partial charge in [0.15, 0.2) is 0 Å². The molecule has 6 heteroatoms. The van der Waals surface area contributed by atoms with Crippen molar-refractivity contribution in [1.82, 2.24) is 5.32 Å². The molecule has 0 aromatic rings. The highest BCUT2D eigenvalue weighted by Gasteiger charge is 2.20. The normalized spacial score (nSPS) is 12.5. The van der Waals surface area contributed by atoms with Gasteiger partial charge in [-0.2, -0.15) is 0 Å². The van der Waals surface area contributed by atoms with E-state index in [9.17, 15) is 19.8 Å². The van der Waals surface area contributed by atoms with Gasteiger partial charge in [0.25, 0.3) is 0 Å². The highest BCUT2D eigenvalue weighted by Crippen LogP contribution is 2.20. The van der Waals surface area contributed by atoms with E-state index in [1.807, 2.05) is 0 Å². The number of rotatable bonds is 72. The van der Waals surface area contributed by atoms with E-state index in [0.717, 1.165) is 38.5 Å². The molecular weight excluding hydrogens is 1010 g/mol. The minimum Gasteiger partial charge on any atom is -0.466 e. The Kier molecular flexibility index (Phi) is 70.8. The fraction of sp³-hybridized carbons (Fsp3) is 0.947. The second-order valence-electron chi connectivity index (χ2n) is 26.3. The standard InChI is InChI=1S/C76H149NO5/c1-3-5-7-9-11-13-15-17-19-21-22-23-24-25-27-30-33-37-40-44-48-52-56-60-64-68-74(79)73(72-78)77-75(80)69-65-61-57-53-49-45-41-38-34-31-28-26-29-32-35-39-43-47-51-55-59-63-67-71-82-76(81)70-66-62-58-54-50-46-42-36-20-18-16-14-12-10-8-6-4-2/h31,34,73-74,78-79H,3-30,32-33,35-72H2,1-2H3,(H,77,80)/b34-31-. The summed E-state index contributed by atoms with van der Waals surface area (Å²) in [4.78, 5) is 24.7. The maximum atomic E-state index is 12.6. The molecule has 0 aliphatic carbocycles. The number of carbonyl (C=O) groups is 2. The van der Waals surface area contributed by atoms with Crippen LogP contribution in [0.25, 0.3) is 0 Å². The lowest BCUT2D eigenvalue weighted by Gasteiger charge is -2.22. The molecule has 488 valence electrons. The third kappa shape index (κ3) is 67.7. The zero-order chi connectivity index (χ0) is 59.2. The zero-order valence-corrected chi connectivity index (χ0v) is 56.0. The molecule has 0 aromatic heterocycles. The lowest BCUT2D eigenvalue weighted by Crippen LogP contribution is -2.45. The van der Waals surface area contributed by atoms with E-state index in [2.05, 4.69) is 31.3 Å². The van der Waals surface area contributed by atoms with Crippen molar-refractivity contribution in [2.45, 2.75) is 450 Å². The second kappa shape index (κ2) is 72.1. The van der Waals surface area contributed by atoms with Crippen LogP contribution in [0.1, 0.15) is 438 Å². The Labute approximate surface area is 514 Å². The minimum atomic E-state index is -0.669. The molecule has 2 atom stereocenters. The molecule has 0 rings (SSSR count). The fourth-order valence-electron chi connectivity index (χ4n) is 12.3. The monoisotopic (exact) mass is 1160 g/mol. The predicted molar refractivity (Wildman–Crippen MR) is 361 cm³/mol. The first-order valence-corrected chi connectivity index (χ1v) is 37.9. The minimum absolute atomic E-state index is 0.0170. The maximum Gasteiger partial charge on any atom is 0.305 e. The number of allylic oxidation sites excluding steroid dienone is 2. The molecule has 0 fully saturated rings. The molecule has 0 saturated carbocycles. The Bertz CT molecular complexity index is 1240. The Balaban J connectivity index is 3.39. The lowest BCUT2D eigenvalue weighted by molar-refractivity contribution is -0.143. The van der Waals surface area contributed by atoms with Gasteiger partial charge in [-0.1, -0.05) is 386 Å². The van der Waals surface area contributed by atoms with Crippen molar-refractivity contribution in [2.24, 2.45) is 0 Å². The van der Waals surface area contributed by atoms with E-state index in [4.69, 9.17) is 4.74 Å². The lowest BCUT2D eigenvalue weighted by atomic mass is 10.0. The fourth-order valence-corrected chi connectivity index (χ4v) is 12.3. The van der Waals surface area contributed by atoms with Gasteiger partial charge in [-0.25, -0.2) is 0 Å². The van der Waals surface area contributed by atoms with Gasteiger partial charge in [0.05, 0.1) is 25.4 Å². The van der Waals surface area contributed by atoms with E-state index in [-0.39, 0.29) is 18.5 Å². The van der Waals surface area contributed by atoms with Crippen molar-refractivity contribution in [2.75, 3.05) is 13.2 Å². The molecular formula is C76H149NO5. The predicted octanol–water partition coefficient (Wildman–Crippen LogP) is 24.7. The SMILES string of the molecule is CCCCCCCCCCCCCCCCCCCCCCCCCCCC(O)C(CO)NC(=O)CCCCCCCCC/C=C\CCCCCCCCCCCCCCOC(=O)CCCCCCCCCCCCCCCCCCC. The summed E-state index contributed by atoms with van der Waals surface area (Å²) in [5.41, 5.74) is 0. The number of carbonyl (C=O) groups excluding carboxylic acids is 2. The van der Waals surface area contributed by atoms with Gasteiger partial charge in [-0.15, -0.1) is 0 Å². The molecule has 0 saturated heterocycles. The van der Waals surface area contributed by atoms with Crippen molar-refractivity contribution in [3.63, 3.8) is 0 Å². The number of aliphatic hydroxyl groups is 2. The van der Waals surface area contributed by atoms with Crippen LogP contribution in [0.2, 0.25) is 0 Å². The molecule has 0 bridgehead atoms. The second-order valence-corrected chi connectivity index (χ2v) is 26.3.